The van der Waals surface area contributed by atoms with Crippen LogP contribution in [-0.4, -0.2) is 80.3 Å². The fraction of sp³-hybridized carbons (Fsp3) is 0.562. The predicted octanol–water partition coefficient (Wildman–Crippen LogP) is 2.43. The van der Waals surface area contributed by atoms with E-state index in [1.807, 2.05) is 40.7 Å². The van der Waals surface area contributed by atoms with Crippen LogP contribution in [-0.2, 0) is 26.0 Å². The normalized spacial score (nSPS) is 18.0. The van der Waals surface area contributed by atoms with E-state index in [9.17, 15) is 23.1 Å². The second kappa shape index (κ2) is 14.3. The van der Waals surface area contributed by atoms with Crippen LogP contribution in [0, 0.1) is 11.3 Å². The highest BCUT2D eigenvalue weighted by Gasteiger charge is 2.37. The van der Waals surface area contributed by atoms with Crippen molar-refractivity contribution in [2.45, 2.75) is 83.0 Å². The summed E-state index contributed by atoms with van der Waals surface area (Å²) in [5.41, 5.74) is 0.0239. The Morgan fingerprint density at radius 2 is 1.73 bits per heavy atom. The van der Waals surface area contributed by atoms with Gasteiger partial charge in [0.1, 0.15) is 6.04 Å². The van der Waals surface area contributed by atoms with Crippen molar-refractivity contribution < 1.29 is 34.0 Å². The number of ether oxygens (including phenoxy) is 2. The van der Waals surface area contributed by atoms with Crippen molar-refractivity contribution in [3.8, 4) is 11.5 Å². The summed E-state index contributed by atoms with van der Waals surface area (Å²) in [6.45, 7) is 8.55. The summed E-state index contributed by atoms with van der Waals surface area (Å²) in [5, 5.41) is 20.5. The lowest BCUT2D eigenvalue weighted by Gasteiger charge is -2.34. The first-order valence-corrected chi connectivity index (χ1v) is 16.5. The van der Waals surface area contributed by atoms with Crippen LogP contribution >= 0.6 is 0 Å². The smallest absolute Gasteiger partial charge is 0.243 e. The van der Waals surface area contributed by atoms with Crippen LogP contribution in [0.25, 0.3) is 0 Å². The molecule has 1 aliphatic carbocycles. The molecule has 0 aromatic heterocycles. The van der Waals surface area contributed by atoms with Gasteiger partial charge in [0.05, 0.1) is 24.9 Å². The minimum Gasteiger partial charge on any atom is -0.454 e. The summed E-state index contributed by atoms with van der Waals surface area (Å²) in [4.78, 5) is 26.5. The Labute approximate surface area is 262 Å². The van der Waals surface area contributed by atoms with Crippen molar-refractivity contribution in [3.63, 3.8) is 0 Å². The van der Waals surface area contributed by atoms with Gasteiger partial charge in [0.25, 0.3) is 0 Å². The van der Waals surface area contributed by atoms with Gasteiger partial charge in [-0.3, -0.25) is 9.59 Å². The van der Waals surface area contributed by atoms with E-state index in [0.29, 0.717) is 17.5 Å². The lowest BCUT2D eigenvalue weighted by Crippen LogP contribution is -2.59. The molecule has 0 bridgehead atoms. The average molecular weight is 633 g/mol. The van der Waals surface area contributed by atoms with Gasteiger partial charge in [0.2, 0.25) is 28.6 Å². The van der Waals surface area contributed by atoms with Crippen LogP contribution in [0.1, 0.15) is 54.4 Å². The minimum atomic E-state index is -4.21. The quantitative estimate of drug-likeness (QED) is 0.234. The standard InChI is InChI=1S/C32H46N4O7S/c1-21(2)18-36(44(40,41)24-13-14-27-28(16-24)43-20-42-27)19-26(37)25(15-22-9-7-6-8-10-22)34-31(39)30(32(3,4)5)35-29(38)17-33-23-11-12-23/h6-10,13-14,16,21,23,25-26,30,33,37H,11-12,15,17-20H2,1-5H3,(H,34,39)(H,35,38)/t25-,26+,30+/m0/s1/i26T. The first-order chi connectivity index (χ1) is 21.1. The van der Waals surface area contributed by atoms with E-state index in [2.05, 4.69) is 16.0 Å². The molecule has 0 saturated heterocycles. The molecule has 2 aromatic rings. The number of hydrogen-bond acceptors (Lipinski definition) is 8. The van der Waals surface area contributed by atoms with Crippen molar-refractivity contribution in [2.75, 3.05) is 26.4 Å². The largest absolute Gasteiger partial charge is 0.454 e. The van der Waals surface area contributed by atoms with E-state index in [0.717, 1.165) is 22.7 Å². The highest BCUT2D eigenvalue weighted by Crippen LogP contribution is 2.35. The number of carbonyl (C=O) groups excluding carboxylic acids is 2. The maximum atomic E-state index is 13.9. The molecule has 12 heteroatoms. The van der Waals surface area contributed by atoms with Gasteiger partial charge < -0.3 is 30.5 Å². The second-order valence-corrected chi connectivity index (χ2v) is 14.9. The number of aliphatic hydroxyl groups is 1. The van der Waals surface area contributed by atoms with Crippen molar-refractivity contribution >= 4 is 21.8 Å². The van der Waals surface area contributed by atoms with Crippen molar-refractivity contribution in [1.82, 2.24) is 20.3 Å². The molecule has 0 unspecified atom stereocenters. The third kappa shape index (κ3) is 9.16. The van der Waals surface area contributed by atoms with Gasteiger partial charge in [0.15, 0.2) is 11.5 Å². The van der Waals surface area contributed by atoms with Gasteiger partial charge in [-0.05, 0) is 48.3 Å². The van der Waals surface area contributed by atoms with Crippen molar-refractivity contribution in [1.29, 1.82) is 0 Å². The summed E-state index contributed by atoms with van der Waals surface area (Å²) in [6, 6.07) is 11.4. The fourth-order valence-electron chi connectivity index (χ4n) is 4.90. The van der Waals surface area contributed by atoms with Crippen molar-refractivity contribution in [3.05, 3.63) is 54.1 Å². The molecule has 0 spiro atoms. The van der Waals surface area contributed by atoms with Crippen LogP contribution < -0.4 is 25.4 Å². The van der Waals surface area contributed by atoms with E-state index < -0.39 is 46.1 Å². The summed E-state index contributed by atoms with van der Waals surface area (Å²) >= 11 is 0. The van der Waals surface area contributed by atoms with Crippen molar-refractivity contribution in [2.24, 2.45) is 11.3 Å². The Balaban J connectivity index is 1.61. The number of sulfonamides is 1. The summed E-state index contributed by atoms with van der Waals surface area (Å²) in [6.07, 6.45) is -0.403. The molecule has 1 fully saturated rings. The molecule has 3 atom stereocenters. The Hall–Kier alpha value is -3.19. The third-order valence-corrected chi connectivity index (χ3v) is 9.26. The SMILES string of the molecule is [3H][C@@](O)(CN(CC(C)C)S(=O)(=O)c1ccc2c(c1)OCO2)[C@H](Cc1ccccc1)NC(=O)[C@@H](NC(=O)CNC1CC1)C(C)(C)C. The molecule has 4 N–H and O–H groups in total. The van der Waals surface area contributed by atoms with Crippen LogP contribution in [0.5, 0.6) is 11.5 Å². The number of rotatable bonds is 15. The number of amides is 2. The topological polar surface area (TPSA) is 146 Å². The van der Waals surface area contributed by atoms with Crippen LogP contribution in [0.15, 0.2) is 53.4 Å². The van der Waals surface area contributed by atoms with Crippen LogP contribution in [0.2, 0.25) is 0 Å². The van der Waals surface area contributed by atoms with E-state index in [4.69, 9.17) is 10.8 Å². The maximum absolute atomic E-state index is 13.9. The van der Waals surface area contributed by atoms with Crippen LogP contribution in [0.4, 0.5) is 0 Å². The second-order valence-electron chi connectivity index (χ2n) is 13.0. The molecule has 44 heavy (non-hydrogen) atoms. The molecule has 1 saturated carbocycles. The highest BCUT2D eigenvalue weighted by molar-refractivity contribution is 7.89. The van der Waals surface area contributed by atoms with E-state index in [1.54, 1.807) is 24.3 Å². The van der Waals surface area contributed by atoms with E-state index in [1.165, 1.54) is 18.2 Å². The molecule has 1 heterocycles. The zero-order chi connectivity index (χ0) is 33.0. The number of nitrogens with one attached hydrogen (secondary N) is 3. The fourth-order valence-corrected chi connectivity index (χ4v) is 6.49. The molecule has 2 amide bonds. The number of nitrogens with zero attached hydrogens (tertiary/aromatic N) is 1. The van der Waals surface area contributed by atoms with Gasteiger partial charge in [-0.15, -0.1) is 0 Å². The lowest BCUT2D eigenvalue weighted by atomic mass is 9.85. The predicted molar refractivity (Wildman–Crippen MR) is 167 cm³/mol. The number of fused-ring (bicyclic) bond motifs is 1. The number of carbonyl (C=O) groups is 2. The zero-order valence-corrected chi connectivity index (χ0v) is 26.9. The van der Waals surface area contributed by atoms with Crippen LogP contribution in [0.3, 0.4) is 0 Å². The summed E-state index contributed by atoms with van der Waals surface area (Å²) < 4.78 is 48.7. The minimum absolute atomic E-state index is 0.0125. The first-order valence-electron chi connectivity index (χ1n) is 15.6. The van der Waals surface area contributed by atoms with Gasteiger partial charge in [-0.1, -0.05) is 65.0 Å². The average Bonchev–Trinajstić information content (AvgIpc) is 3.67. The summed E-state index contributed by atoms with van der Waals surface area (Å²) in [5.74, 6) is -0.343. The highest BCUT2D eigenvalue weighted by atomic mass is 32.2. The Kier molecular flexibility index (Phi) is 10.5. The Morgan fingerprint density at radius 1 is 1.05 bits per heavy atom. The summed E-state index contributed by atoms with van der Waals surface area (Å²) in [7, 11) is -4.21. The molecular weight excluding hydrogens is 584 g/mol. The molecule has 11 nitrogen and oxygen atoms in total. The Bertz CT molecular complexity index is 1440. The molecular formula is C32H46N4O7S. The third-order valence-electron chi connectivity index (χ3n) is 7.45. The number of hydrogen-bond donors (Lipinski definition) is 4. The van der Waals surface area contributed by atoms with E-state index >= 15 is 0 Å². The molecule has 242 valence electrons. The van der Waals surface area contributed by atoms with Gasteiger partial charge in [-0.2, -0.15) is 4.31 Å². The van der Waals surface area contributed by atoms with Gasteiger partial charge in [0, 0.05) is 25.2 Å². The molecule has 0 radical (unpaired) electrons. The van der Waals surface area contributed by atoms with Gasteiger partial charge >= 0.3 is 0 Å². The zero-order valence-electron chi connectivity index (χ0n) is 27.1. The first kappa shape index (κ1) is 32.2. The lowest BCUT2D eigenvalue weighted by molar-refractivity contribution is -0.132. The molecule has 2 aromatic carbocycles. The number of benzene rings is 2. The van der Waals surface area contributed by atoms with E-state index in [-0.39, 0.29) is 43.0 Å². The monoisotopic (exact) mass is 632 g/mol. The van der Waals surface area contributed by atoms with Gasteiger partial charge in [-0.25, -0.2) is 8.42 Å². The molecule has 2 aliphatic rings. The Morgan fingerprint density at radius 3 is 2.36 bits per heavy atom. The molecule has 1 aliphatic heterocycles. The maximum Gasteiger partial charge on any atom is 0.243 e. The molecule has 4 rings (SSSR count).